The van der Waals surface area contributed by atoms with Crippen molar-refractivity contribution >= 4 is 29.0 Å². The molecular weight excluding hydrogens is 326 g/mol. The van der Waals surface area contributed by atoms with E-state index in [4.69, 9.17) is 0 Å². The van der Waals surface area contributed by atoms with Gasteiger partial charge in [-0.15, -0.1) is 11.3 Å². The fraction of sp³-hybridized carbons (Fsp3) is 0.500. The Morgan fingerprint density at radius 3 is 2.96 bits per heavy atom. The number of nitrogens with zero attached hydrogens (tertiary/aromatic N) is 4. The van der Waals surface area contributed by atoms with Crippen molar-refractivity contribution in [1.82, 2.24) is 19.7 Å². The smallest absolute Gasteiger partial charge is 0.315 e. The van der Waals surface area contributed by atoms with Crippen LogP contribution in [0.5, 0.6) is 0 Å². The Morgan fingerprint density at radius 2 is 2.29 bits per heavy atom. The van der Waals surface area contributed by atoms with E-state index in [9.17, 15) is 9.59 Å². The highest BCUT2D eigenvalue weighted by atomic mass is 32.1. The second-order valence-corrected chi connectivity index (χ2v) is 7.04. The van der Waals surface area contributed by atoms with Gasteiger partial charge in [0.25, 0.3) is 0 Å². The van der Waals surface area contributed by atoms with Crippen LogP contribution >= 0.6 is 11.3 Å². The van der Waals surface area contributed by atoms with Crippen LogP contribution in [-0.2, 0) is 29.5 Å². The van der Waals surface area contributed by atoms with Gasteiger partial charge in [0.05, 0.1) is 21.6 Å². The number of nitrogens with one attached hydrogen (secondary N) is 1. The Kier molecular flexibility index (Phi) is 4.66. The summed E-state index contributed by atoms with van der Waals surface area (Å²) in [5.74, 6) is -0.840. The van der Waals surface area contributed by atoms with Gasteiger partial charge in [0, 0.05) is 26.4 Å². The maximum absolute atomic E-state index is 12.5. The van der Waals surface area contributed by atoms with Gasteiger partial charge in [-0.05, 0) is 25.7 Å². The molecule has 2 heterocycles. The predicted molar refractivity (Wildman–Crippen MR) is 91.8 cm³/mol. The third-order valence-electron chi connectivity index (χ3n) is 4.21. The highest BCUT2D eigenvalue weighted by Crippen LogP contribution is 2.37. The van der Waals surface area contributed by atoms with Crippen LogP contribution in [0.15, 0.2) is 12.3 Å². The molecule has 2 aromatic heterocycles. The largest absolute Gasteiger partial charge is 0.330 e. The highest BCUT2D eigenvalue weighted by molar-refractivity contribution is 7.11. The number of thiazole rings is 1. The van der Waals surface area contributed by atoms with Crippen LogP contribution in [0.3, 0.4) is 0 Å². The zero-order valence-electron chi connectivity index (χ0n) is 14.1. The van der Waals surface area contributed by atoms with Gasteiger partial charge in [0.2, 0.25) is 0 Å². The van der Waals surface area contributed by atoms with Crippen molar-refractivity contribution in [2.45, 2.75) is 38.6 Å². The monoisotopic (exact) mass is 347 g/mol. The van der Waals surface area contributed by atoms with Crippen molar-refractivity contribution in [1.29, 1.82) is 0 Å². The molecule has 128 valence electrons. The van der Waals surface area contributed by atoms with E-state index >= 15 is 0 Å². The quantitative estimate of drug-likeness (QED) is 0.860. The number of hydrogen-bond acceptors (Lipinski definition) is 5. The number of aryl methyl sites for hydroxylation is 3. The Balaban J connectivity index is 1.74. The molecule has 0 spiro atoms. The van der Waals surface area contributed by atoms with E-state index in [0.717, 1.165) is 41.3 Å². The SMILES string of the molecule is CCc1nc2c(s1)C(N(C)C(=O)C(=O)Nc1ccn(C)n1)CCC2. The maximum Gasteiger partial charge on any atom is 0.315 e. The lowest BCUT2D eigenvalue weighted by molar-refractivity contribution is -0.143. The number of rotatable bonds is 3. The number of fused-ring (bicyclic) bond motifs is 1. The van der Waals surface area contributed by atoms with Gasteiger partial charge >= 0.3 is 11.8 Å². The first kappa shape index (κ1) is 16.6. The Hall–Kier alpha value is -2.22. The van der Waals surface area contributed by atoms with Gasteiger partial charge in [-0.3, -0.25) is 14.3 Å². The molecule has 24 heavy (non-hydrogen) atoms. The zero-order valence-corrected chi connectivity index (χ0v) is 14.9. The molecule has 0 radical (unpaired) electrons. The van der Waals surface area contributed by atoms with E-state index in [0.29, 0.717) is 5.82 Å². The molecule has 7 nitrogen and oxygen atoms in total. The second-order valence-electron chi connectivity index (χ2n) is 5.92. The van der Waals surface area contributed by atoms with Gasteiger partial charge in [-0.1, -0.05) is 6.92 Å². The van der Waals surface area contributed by atoms with Crippen LogP contribution in [0, 0.1) is 0 Å². The van der Waals surface area contributed by atoms with Crippen molar-refractivity contribution in [3.63, 3.8) is 0 Å². The standard InChI is InChI=1S/C16H21N5O2S/c1-4-13-17-10-6-5-7-11(14(10)24-13)21(3)16(23)15(22)18-12-8-9-20(2)19-12/h8-9,11H,4-7H2,1-3H3,(H,18,19,22). The minimum absolute atomic E-state index is 0.0754. The minimum atomic E-state index is -0.663. The van der Waals surface area contributed by atoms with Crippen molar-refractivity contribution in [2.24, 2.45) is 7.05 Å². The number of amides is 2. The summed E-state index contributed by atoms with van der Waals surface area (Å²) in [5, 5.41) is 7.70. The fourth-order valence-corrected chi connectivity index (χ4v) is 4.15. The van der Waals surface area contributed by atoms with Gasteiger partial charge in [-0.25, -0.2) is 4.98 Å². The number of aromatic nitrogens is 3. The third-order valence-corrected chi connectivity index (χ3v) is 5.55. The lowest BCUT2D eigenvalue weighted by Crippen LogP contribution is -2.40. The van der Waals surface area contributed by atoms with Crippen molar-refractivity contribution < 1.29 is 9.59 Å². The summed E-state index contributed by atoms with van der Waals surface area (Å²) in [6.45, 7) is 2.08. The molecular formula is C16H21N5O2S. The summed E-state index contributed by atoms with van der Waals surface area (Å²) in [7, 11) is 3.44. The van der Waals surface area contributed by atoms with Gasteiger partial charge < -0.3 is 10.2 Å². The fourth-order valence-electron chi connectivity index (χ4n) is 2.92. The molecule has 1 atom stereocenters. The Morgan fingerprint density at radius 1 is 1.50 bits per heavy atom. The molecule has 0 fully saturated rings. The average Bonchev–Trinajstić information content (AvgIpc) is 3.18. The number of carbonyl (C=O) groups is 2. The molecule has 8 heteroatoms. The van der Waals surface area contributed by atoms with Gasteiger partial charge in [0.1, 0.15) is 0 Å². The molecule has 0 aliphatic heterocycles. The van der Waals surface area contributed by atoms with E-state index < -0.39 is 11.8 Å². The first-order valence-corrected chi connectivity index (χ1v) is 8.87. The summed E-state index contributed by atoms with van der Waals surface area (Å²) >= 11 is 1.66. The van der Waals surface area contributed by atoms with Crippen LogP contribution in [0.2, 0.25) is 0 Å². The number of likely N-dealkylation sites (N-methyl/N-ethyl adjacent to an activating group) is 1. The molecule has 3 rings (SSSR count). The number of anilines is 1. The van der Waals surface area contributed by atoms with Crippen LogP contribution in [0.4, 0.5) is 5.82 Å². The second kappa shape index (κ2) is 6.72. The molecule has 0 aromatic carbocycles. The van der Waals surface area contributed by atoms with E-state index in [1.807, 2.05) is 0 Å². The van der Waals surface area contributed by atoms with Crippen LogP contribution in [0.1, 0.15) is 41.4 Å². The molecule has 1 aliphatic carbocycles. The summed E-state index contributed by atoms with van der Waals surface area (Å²) < 4.78 is 1.57. The van der Waals surface area contributed by atoms with Crippen molar-refractivity contribution in [3.8, 4) is 0 Å². The average molecular weight is 347 g/mol. The first-order valence-electron chi connectivity index (χ1n) is 8.05. The van der Waals surface area contributed by atoms with E-state index in [2.05, 4.69) is 22.3 Å². The predicted octanol–water partition coefficient (Wildman–Crippen LogP) is 1.91. The summed E-state index contributed by atoms with van der Waals surface area (Å²) in [5.41, 5.74) is 1.08. The Bertz CT molecular complexity index is 766. The molecule has 1 N–H and O–H groups in total. The van der Waals surface area contributed by atoms with Crippen molar-refractivity contribution in [2.75, 3.05) is 12.4 Å². The van der Waals surface area contributed by atoms with Gasteiger partial charge in [-0.2, -0.15) is 5.10 Å². The van der Waals surface area contributed by atoms with E-state index in [1.54, 1.807) is 42.4 Å². The lowest BCUT2D eigenvalue weighted by Gasteiger charge is -2.30. The topological polar surface area (TPSA) is 80.1 Å². The summed E-state index contributed by atoms with van der Waals surface area (Å²) in [4.78, 5) is 32.0. The summed E-state index contributed by atoms with van der Waals surface area (Å²) in [6.07, 6.45) is 5.38. The molecule has 0 saturated heterocycles. The van der Waals surface area contributed by atoms with Crippen LogP contribution in [-0.4, -0.2) is 38.5 Å². The minimum Gasteiger partial charge on any atom is -0.330 e. The summed E-state index contributed by atoms with van der Waals surface area (Å²) in [6, 6.07) is 1.58. The van der Waals surface area contributed by atoms with Crippen molar-refractivity contribution in [3.05, 3.63) is 27.8 Å². The maximum atomic E-state index is 12.5. The Labute approximate surface area is 144 Å². The number of hydrogen-bond donors (Lipinski definition) is 1. The molecule has 2 aromatic rings. The molecule has 0 saturated carbocycles. The molecule has 2 amide bonds. The van der Waals surface area contributed by atoms with Crippen LogP contribution < -0.4 is 5.32 Å². The van der Waals surface area contributed by atoms with E-state index in [-0.39, 0.29) is 6.04 Å². The normalized spacial score (nSPS) is 16.5. The number of carbonyl (C=O) groups excluding carboxylic acids is 2. The molecule has 1 aliphatic rings. The lowest BCUT2D eigenvalue weighted by atomic mass is 9.97. The first-order chi connectivity index (χ1) is 11.5. The van der Waals surface area contributed by atoms with Crippen LogP contribution in [0.25, 0.3) is 0 Å². The highest BCUT2D eigenvalue weighted by Gasteiger charge is 2.32. The van der Waals surface area contributed by atoms with E-state index in [1.165, 1.54) is 4.90 Å². The molecule has 1 unspecified atom stereocenters. The molecule has 0 bridgehead atoms. The zero-order chi connectivity index (χ0) is 17.3. The third kappa shape index (κ3) is 3.19. The van der Waals surface area contributed by atoms with Gasteiger partial charge in [0.15, 0.2) is 5.82 Å².